The number of rotatable bonds is 1. The number of amides is 1. The number of nitrogens with zero attached hydrogens (tertiary/aromatic N) is 1. The van der Waals surface area contributed by atoms with Crippen molar-refractivity contribution >= 4 is 17.2 Å². The standard InChI is InChI=1S/C13H17NO3S/c1-10-8-11(18-9-10)12(15)14-4-2-13(3-5-14)16-6-7-17-13/h8-9H,2-7H2,1H3. The first-order chi connectivity index (χ1) is 8.69. The Labute approximate surface area is 110 Å². The highest BCUT2D eigenvalue weighted by Gasteiger charge is 2.40. The second kappa shape index (κ2) is 4.64. The predicted octanol–water partition coefficient (Wildman–Crippen LogP) is 2.04. The van der Waals surface area contributed by atoms with E-state index in [0.717, 1.165) is 36.4 Å². The Balaban J connectivity index is 1.64. The molecular weight excluding hydrogens is 250 g/mol. The smallest absolute Gasteiger partial charge is 0.263 e. The number of aryl methyl sites for hydroxylation is 1. The van der Waals surface area contributed by atoms with E-state index >= 15 is 0 Å². The molecule has 2 fully saturated rings. The van der Waals surface area contributed by atoms with Crippen molar-refractivity contribution in [3.05, 3.63) is 21.9 Å². The zero-order valence-corrected chi connectivity index (χ0v) is 11.3. The normalized spacial score (nSPS) is 22.6. The van der Waals surface area contributed by atoms with Crippen LogP contribution in [0.4, 0.5) is 0 Å². The van der Waals surface area contributed by atoms with Crippen LogP contribution in [-0.2, 0) is 9.47 Å². The maximum Gasteiger partial charge on any atom is 0.263 e. The number of hydrogen-bond acceptors (Lipinski definition) is 4. The third-order valence-corrected chi connectivity index (χ3v) is 4.60. The average molecular weight is 267 g/mol. The lowest BCUT2D eigenvalue weighted by Crippen LogP contribution is -2.47. The number of likely N-dealkylation sites (tertiary alicyclic amines) is 1. The summed E-state index contributed by atoms with van der Waals surface area (Å²) < 4.78 is 11.3. The quantitative estimate of drug-likeness (QED) is 0.781. The second-order valence-corrected chi connectivity index (χ2v) is 5.80. The molecule has 98 valence electrons. The summed E-state index contributed by atoms with van der Waals surface area (Å²) in [6.45, 7) is 4.81. The van der Waals surface area contributed by atoms with Crippen LogP contribution in [0.1, 0.15) is 28.1 Å². The molecular formula is C13H17NO3S. The molecule has 0 aromatic carbocycles. The Morgan fingerprint density at radius 3 is 2.56 bits per heavy atom. The molecule has 0 radical (unpaired) electrons. The zero-order chi connectivity index (χ0) is 12.6. The molecule has 5 heteroatoms. The molecule has 0 aliphatic carbocycles. The van der Waals surface area contributed by atoms with E-state index in [9.17, 15) is 4.79 Å². The molecule has 2 aliphatic heterocycles. The van der Waals surface area contributed by atoms with Crippen LogP contribution >= 0.6 is 11.3 Å². The van der Waals surface area contributed by atoms with Gasteiger partial charge in [-0.05, 0) is 23.9 Å². The first-order valence-electron chi connectivity index (χ1n) is 6.31. The Morgan fingerprint density at radius 2 is 2.00 bits per heavy atom. The molecule has 1 amide bonds. The molecule has 18 heavy (non-hydrogen) atoms. The minimum Gasteiger partial charge on any atom is -0.347 e. The van der Waals surface area contributed by atoms with Crippen LogP contribution in [0.3, 0.4) is 0 Å². The van der Waals surface area contributed by atoms with Gasteiger partial charge in [-0.2, -0.15) is 0 Å². The second-order valence-electron chi connectivity index (χ2n) is 4.89. The fourth-order valence-corrected chi connectivity index (χ4v) is 3.40. The van der Waals surface area contributed by atoms with Crippen molar-refractivity contribution < 1.29 is 14.3 Å². The maximum absolute atomic E-state index is 12.3. The van der Waals surface area contributed by atoms with Gasteiger partial charge in [-0.3, -0.25) is 4.79 Å². The van der Waals surface area contributed by atoms with Crippen molar-refractivity contribution in [1.29, 1.82) is 0 Å². The Morgan fingerprint density at radius 1 is 1.33 bits per heavy atom. The topological polar surface area (TPSA) is 38.8 Å². The highest BCUT2D eigenvalue weighted by Crippen LogP contribution is 2.32. The van der Waals surface area contributed by atoms with Crippen molar-refractivity contribution in [2.45, 2.75) is 25.6 Å². The number of thiophene rings is 1. The number of ether oxygens (including phenoxy) is 2. The SMILES string of the molecule is Cc1csc(C(=O)N2CCC3(CC2)OCCO3)c1. The number of carbonyl (C=O) groups is 1. The van der Waals surface area contributed by atoms with Gasteiger partial charge in [0.2, 0.25) is 0 Å². The number of hydrogen-bond donors (Lipinski definition) is 0. The molecule has 0 saturated carbocycles. The van der Waals surface area contributed by atoms with Crippen LogP contribution in [0.25, 0.3) is 0 Å². The van der Waals surface area contributed by atoms with E-state index in [1.807, 2.05) is 23.3 Å². The van der Waals surface area contributed by atoms with Crippen LogP contribution in [0.2, 0.25) is 0 Å². The summed E-state index contributed by atoms with van der Waals surface area (Å²) >= 11 is 1.52. The molecule has 3 rings (SSSR count). The number of carbonyl (C=O) groups excluding carboxylic acids is 1. The monoisotopic (exact) mass is 267 g/mol. The van der Waals surface area contributed by atoms with Gasteiger partial charge in [0.1, 0.15) is 0 Å². The van der Waals surface area contributed by atoms with Gasteiger partial charge in [0.25, 0.3) is 5.91 Å². The van der Waals surface area contributed by atoms with Crippen molar-refractivity contribution in [3.8, 4) is 0 Å². The highest BCUT2D eigenvalue weighted by molar-refractivity contribution is 7.12. The molecule has 1 aromatic rings. The lowest BCUT2D eigenvalue weighted by molar-refractivity contribution is -0.181. The first kappa shape index (κ1) is 12.1. The van der Waals surface area contributed by atoms with Crippen molar-refractivity contribution in [1.82, 2.24) is 4.90 Å². The van der Waals surface area contributed by atoms with Gasteiger partial charge in [-0.25, -0.2) is 0 Å². The van der Waals surface area contributed by atoms with Crippen LogP contribution in [0.15, 0.2) is 11.4 Å². The molecule has 0 N–H and O–H groups in total. The molecule has 0 bridgehead atoms. The Kier molecular flexibility index (Phi) is 3.13. The molecule has 1 aromatic heterocycles. The summed E-state index contributed by atoms with van der Waals surface area (Å²) in [7, 11) is 0. The lowest BCUT2D eigenvalue weighted by Gasteiger charge is -2.37. The van der Waals surface area contributed by atoms with Crippen LogP contribution in [0, 0.1) is 6.92 Å². The molecule has 2 aliphatic rings. The van der Waals surface area contributed by atoms with Crippen LogP contribution in [-0.4, -0.2) is 42.9 Å². The van der Waals surface area contributed by atoms with E-state index < -0.39 is 5.79 Å². The lowest BCUT2D eigenvalue weighted by atomic mass is 10.0. The average Bonchev–Trinajstić information content (AvgIpc) is 3.00. The van der Waals surface area contributed by atoms with Gasteiger partial charge in [-0.15, -0.1) is 11.3 Å². The van der Waals surface area contributed by atoms with Gasteiger partial charge < -0.3 is 14.4 Å². The minimum atomic E-state index is -0.401. The van der Waals surface area contributed by atoms with E-state index in [2.05, 4.69) is 0 Å². The summed E-state index contributed by atoms with van der Waals surface area (Å²) in [6, 6.07) is 1.96. The summed E-state index contributed by atoms with van der Waals surface area (Å²) in [5.74, 6) is -0.261. The minimum absolute atomic E-state index is 0.140. The Hall–Kier alpha value is -0.910. The van der Waals surface area contributed by atoms with E-state index in [1.54, 1.807) is 0 Å². The van der Waals surface area contributed by atoms with Gasteiger partial charge in [0.15, 0.2) is 5.79 Å². The first-order valence-corrected chi connectivity index (χ1v) is 7.19. The summed E-state index contributed by atoms with van der Waals surface area (Å²) in [6.07, 6.45) is 1.56. The van der Waals surface area contributed by atoms with Crippen molar-refractivity contribution in [2.24, 2.45) is 0 Å². The summed E-state index contributed by atoms with van der Waals surface area (Å²) in [5, 5.41) is 2.02. The van der Waals surface area contributed by atoms with Crippen molar-refractivity contribution in [2.75, 3.05) is 26.3 Å². The van der Waals surface area contributed by atoms with Gasteiger partial charge in [-0.1, -0.05) is 0 Å². The fourth-order valence-electron chi connectivity index (χ4n) is 2.54. The number of piperidine rings is 1. The molecule has 1 spiro atoms. The van der Waals surface area contributed by atoms with Crippen molar-refractivity contribution in [3.63, 3.8) is 0 Å². The third kappa shape index (κ3) is 2.18. The van der Waals surface area contributed by atoms with Crippen LogP contribution in [0.5, 0.6) is 0 Å². The van der Waals surface area contributed by atoms with Gasteiger partial charge in [0.05, 0.1) is 18.1 Å². The zero-order valence-electron chi connectivity index (χ0n) is 10.5. The van der Waals surface area contributed by atoms with Gasteiger partial charge >= 0.3 is 0 Å². The molecule has 2 saturated heterocycles. The predicted molar refractivity (Wildman–Crippen MR) is 68.8 cm³/mol. The summed E-state index contributed by atoms with van der Waals surface area (Å²) in [4.78, 5) is 15.0. The fraction of sp³-hybridized carbons (Fsp3) is 0.615. The van der Waals surface area contributed by atoms with Crippen LogP contribution < -0.4 is 0 Å². The molecule has 4 nitrogen and oxygen atoms in total. The highest BCUT2D eigenvalue weighted by atomic mass is 32.1. The molecule has 3 heterocycles. The largest absolute Gasteiger partial charge is 0.347 e. The maximum atomic E-state index is 12.3. The summed E-state index contributed by atoms with van der Waals surface area (Å²) in [5.41, 5.74) is 1.15. The molecule has 0 atom stereocenters. The van der Waals surface area contributed by atoms with E-state index in [1.165, 1.54) is 11.3 Å². The van der Waals surface area contributed by atoms with E-state index in [-0.39, 0.29) is 5.91 Å². The van der Waals surface area contributed by atoms with Gasteiger partial charge in [0, 0.05) is 25.9 Å². The molecule has 0 unspecified atom stereocenters. The van der Waals surface area contributed by atoms with E-state index in [4.69, 9.17) is 9.47 Å². The Bertz CT molecular complexity index is 441. The third-order valence-electron chi connectivity index (χ3n) is 3.57. The van der Waals surface area contributed by atoms with E-state index in [0.29, 0.717) is 13.2 Å².